The van der Waals surface area contributed by atoms with Crippen molar-refractivity contribution in [3.8, 4) is 0 Å². The minimum absolute atomic E-state index is 0.0697. The van der Waals surface area contributed by atoms with Crippen LogP contribution in [0.15, 0.2) is 61.2 Å². The van der Waals surface area contributed by atoms with Gasteiger partial charge in [-0.3, -0.25) is 9.69 Å². The molecule has 2 aromatic carbocycles. The van der Waals surface area contributed by atoms with E-state index in [4.69, 9.17) is 0 Å². The first-order valence-electron chi connectivity index (χ1n) is 8.25. The molecule has 0 aromatic heterocycles. The Kier molecular flexibility index (Phi) is 5.24. The number of benzene rings is 2. The zero-order valence-electron chi connectivity index (χ0n) is 13.9. The van der Waals surface area contributed by atoms with E-state index >= 15 is 0 Å². The Bertz CT molecular complexity index is 690. The molecule has 0 unspecified atom stereocenters. The second kappa shape index (κ2) is 7.57. The van der Waals surface area contributed by atoms with Crippen molar-refractivity contribution in [3.63, 3.8) is 0 Å². The number of nitrogens with zero attached hydrogens (tertiary/aromatic N) is 2. The van der Waals surface area contributed by atoms with E-state index in [-0.39, 0.29) is 23.6 Å². The molecular formula is C20H20F2N2O. The van der Waals surface area contributed by atoms with Gasteiger partial charge in [-0.15, -0.1) is 0 Å². The van der Waals surface area contributed by atoms with Crippen molar-refractivity contribution in [2.75, 3.05) is 26.2 Å². The molecular weight excluding hydrogens is 322 g/mol. The summed E-state index contributed by atoms with van der Waals surface area (Å²) in [6.45, 7) is 6.09. The quantitative estimate of drug-likeness (QED) is 0.795. The normalized spacial score (nSPS) is 15.4. The second-order valence-corrected chi connectivity index (χ2v) is 6.07. The molecule has 3 nitrogen and oxygen atoms in total. The SMILES string of the molecule is C=CC(=O)N1CCN(C(c2ccc(F)cc2)c2ccc(F)cc2)CC1. The van der Waals surface area contributed by atoms with E-state index in [0.29, 0.717) is 26.2 Å². The molecule has 1 heterocycles. The zero-order chi connectivity index (χ0) is 17.8. The first-order valence-corrected chi connectivity index (χ1v) is 8.25. The highest BCUT2D eigenvalue weighted by atomic mass is 19.1. The Morgan fingerprint density at radius 1 is 0.880 bits per heavy atom. The van der Waals surface area contributed by atoms with Gasteiger partial charge < -0.3 is 4.90 Å². The molecule has 0 radical (unpaired) electrons. The van der Waals surface area contributed by atoms with Crippen LogP contribution in [0.4, 0.5) is 8.78 Å². The van der Waals surface area contributed by atoms with Gasteiger partial charge in [0.15, 0.2) is 0 Å². The molecule has 130 valence electrons. The van der Waals surface area contributed by atoms with E-state index in [9.17, 15) is 13.6 Å². The van der Waals surface area contributed by atoms with Gasteiger partial charge >= 0.3 is 0 Å². The predicted molar refractivity (Wildman–Crippen MR) is 93.0 cm³/mol. The molecule has 0 saturated carbocycles. The highest BCUT2D eigenvalue weighted by Gasteiger charge is 2.27. The first kappa shape index (κ1) is 17.3. The molecule has 3 rings (SSSR count). The molecule has 1 amide bonds. The fourth-order valence-corrected chi connectivity index (χ4v) is 3.23. The predicted octanol–water partition coefficient (Wildman–Crippen LogP) is 3.38. The maximum absolute atomic E-state index is 13.3. The molecule has 5 heteroatoms. The van der Waals surface area contributed by atoms with Crippen LogP contribution in [-0.2, 0) is 4.79 Å². The maximum Gasteiger partial charge on any atom is 0.246 e. The molecule has 25 heavy (non-hydrogen) atoms. The molecule has 0 aliphatic carbocycles. The Labute approximate surface area is 146 Å². The molecule has 0 spiro atoms. The van der Waals surface area contributed by atoms with Gasteiger partial charge in [-0.1, -0.05) is 30.8 Å². The number of rotatable bonds is 4. The number of amides is 1. The van der Waals surface area contributed by atoms with Gasteiger partial charge in [0.2, 0.25) is 5.91 Å². The summed E-state index contributed by atoms with van der Waals surface area (Å²) in [5.41, 5.74) is 1.88. The lowest BCUT2D eigenvalue weighted by Gasteiger charge is -2.39. The number of carbonyl (C=O) groups is 1. The zero-order valence-corrected chi connectivity index (χ0v) is 13.9. The number of hydrogen-bond donors (Lipinski definition) is 0. The van der Waals surface area contributed by atoms with Crippen LogP contribution >= 0.6 is 0 Å². The van der Waals surface area contributed by atoms with Crippen LogP contribution in [0.5, 0.6) is 0 Å². The van der Waals surface area contributed by atoms with Gasteiger partial charge in [0.1, 0.15) is 11.6 Å². The summed E-state index contributed by atoms with van der Waals surface area (Å²) in [4.78, 5) is 15.8. The van der Waals surface area contributed by atoms with E-state index in [0.717, 1.165) is 11.1 Å². The summed E-state index contributed by atoms with van der Waals surface area (Å²) in [6, 6.07) is 12.6. The van der Waals surface area contributed by atoms with Gasteiger partial charge in [-0.25, -0.2) is 8.78 Å². The lowest BCUT2D eigenvalue weighted by Crippen LogP contribution is -2.49. The molecule has 2 aromatic rings. The minimum Gasteiger partial charge on any atom is -0.337 e. The molecule has 1 aliphatic heterocycles. The van der Waals surface area contributed by atoms with Crippen LogP contribution < -0.4 is 0 Å². The van der Waals surface area contributed by atoms with E-state index in [1.807, 2.05) is 0 Å². The average Bonchev–Trinajstić information content (AvgIpc) is 2.65. The fraction of sp³-hybridized carbons (Fsp3) is 0.250. The monoisotopic (exact) mass is 342 g/mol. The third-order valence-corrected chi connectivity index (χ3v) is 4.54. The van der Waals surface area contributed by atoms with Crippen LogP contribution in [0.25, 0.3) is 0 Å². The van der Waals surface area contributed by atoms with E-state index in [2.05, 4.69) is 11.5 Å². The van der Waals surface area contributed by atoms with Crippen LogP contribution in [-0.4, -0.2) is 41.9 Å². The fourth-order valence-electron chi connectivity index (χ4n) is 3.23. The van der Waals surface area contributed by atoms with Gasteiger partial charge in [0.25, 0.3) is 0 Å². The summed E-state index contributed by atoms with van der Waals surface area (Å²) >= 11 is 0. The number of hydrogen-bond acceptors (Lipinski definition) is 2. The molecule has 0 bridgehead atoms. The average molecular weight is 342 g/mol. The Morgan fingerprint density at radius 3 is 1.72 bits per heavy atom. The molecule has 0 atom stereocenters. The van der Waals surface area contributed by atoms with E-state index < -0.39 is 0 Å². The maximum atomic E-state index is 13.3. The Hall–Kier alpha value is -2.53. The van der Waals surface area contributed by atoms with Gasteiger partial charge in [0.05, 0.1) is 6.04 Å². The van der Waals surface area contributed by atoms with Crippen molar-refractivity contribution in [1.29, 1.82) is 0 Å². The van der Waals surface area contributed by atoms with Gasteiger partial charge in [-0.2, -0.15) is 0 Å². The number of carbonyl (C=O) groups excluding carboxylic acids is 1. The number of halogens is 2. The van der Waals surface area contributed by atoms with Gasteiger partial charge in [-0.05, 0) is 41.5 Å². The van der Waals surface area contributed by atoms with Gasteiger partial charge in [0, 0.05) is 26.2 Å². The van der Waals surface area contributed by atoms with Crippen LogP contribution in [0.2, 0.25) is 0 Å². The van der Waals surface area contributed by atoms with Crippen molar-refractivity contribution in [3.05, 3.63) is 83.9 Å². The lowest BCUT2D eigenvalue weighted by molar-refractivity contribution is -0.127. The summed E-state index contributed by atoms with van der Waals surface area (Å²) in [7, 11) is 0. The third-order valence-electron chi connectivity index (χ3n) is 4.54. The lowest BCUT2D eigenvalue weighted by atomic mass is 9.96. The topological polar surface area (TPSA) is 23.6 Å². The standard InChI is InChI=1S/C20H20F2N2O/c1-2-19(25)23-11-13-24(14-12-23)20(15-3-7-17(21)8-4-15)16-5-9-18(22)10-6-16/h2-10,20H,1,11-14H2. The highest BCUT2D eigenvalue weighted by Crippen LogP contribution is 2.30. The molecule has 0 N–H and O–H groups in total. The van der Waals surface area contributed by atoms with Crippen molar-refractivity contribution in [2.24, 2.45) is 0 Å². The summed E-state index contributed by atoms with van der Waals surface area (Å²) < 4.78 is 26.6. The van der Waals surface area contributed by atoms with Crippen molar-refractivity contribution in [1.82, 2.24) is 9.80 Å². The number of piperazine rings is 1. The molecule has 1 fully saturated rings. The van der Waals surface area contributed by atoms with E-state index in [1.165, 1.54) is 30.3 Å². The smallest absolute Gasteiger partial charge is 0.246 e. The summed E-state index contributed by atoms with van der Waals surface area (Å²) in [5, 5.41) is 0. The Morgan fingerprint density at radius 2 is 1.32 bits per heavy atom. The van der Waals surface area contributed by atoms with Crippen LogP contribution in [0.3, 0.4) is 0 Å². The van der Waals surface area contributed by atoms with Crippen molar-refractivity contribution >= 4 is 5.91 Å². The summed E-state index contributed by atoms with van der Waals surface area (Å²) in [6.07, 6.45) is 1.33. The Balaban J connectivity index is 1.87. The molecule has 1 aliphatic rings. The van der Waals surface area contributed by atoms with E-state index in [1.54, 1.807) is 29.2 Å². The largest absolute Gasteiger partial charge is 0.337 e. The molecule has 1 saturated heterocycles. The first-order chi connectivity index (χ1) is 12.1. The summed E-state index contributed by atoms with van der Waals surface area (Å²) in [5.74, 6) is -0.647. The highest BCUT2D eigenvalue weighted by molar-refractivity contribution is 5.87. The third kappa shape index (κ3) is 3.94. The van der Waals surface area contributed by atoms with Crippen LogP contribution in [0.1, 0.15) is 17.2 Å². The van der Waals surface area contributed by atoms with Crippen molar-refractivity contribution in [2.45, 2.75) is 6.04 Å². The minimum atomic E-state index is -0.289. The van der Waals surface area contributed by atoms with Crippen LogP contribution in [0, 0.1) is 11.6 Å². The van der Waals surface area contributed by atoms with Crippen molar-refractivity contribution < 1.29 is 13.6 Å². The second-order valence-electron chi connectivity index (χ2n) is 6.07.